The molecule has 0 heteroatoms. The Morgan fingerprint density at radius 1 is 1.19 bits per heavy atom. The predicted octanol–water partition coefficient (Wildman–Crippen LogP) is 5.28. The fraction of sp³-hybridized carbons (Fsp3) is 0.500. The Morgan fingerprint density at radius 3 is 2.19 bits per heavy atom. The van der Waals surface area contributed by atoms with Crippen LogP contribution in [0.25, 0.3) is 0 Å². The zero-order chi connectivity index (χ0) is 12.6. The van der Waals surface area contributed by atoms with Gasteiger partial charge in [-0.1, -0.05) is 64.0 Å². The Morgan fingerprint density at radius 2 is 1.75 bits per heavy atom. The fourth-order valence-corrected chi connectivity index (χ4v) is 1.34. The first kappa shape index (κ1) is 17.2. The van der Waals surface area contributed by atoms with Crippen molar-refractivity contribution in [1.29, 1.82) is 0 Å². The molecule has 0 aromatic heterocycles. The van der Waals surface area contributed by atoms with Gasteiger partial charge in [-0.15, -0.1) is 12.3 Å². The molecule has 0 aliphatic rings. The van der Waals surface area contributed by atoms with Crippen LogP contribution in [0.2, 0.25) is 0 Å². The highest BCUT2D eigenvalue weighted by atomic mass is 14.0. The van der Waals surface area contributed by atoms with Gasteiger partial charge in [0.15, 0.2) is 0 Å². The summed E-state index contributed by atoms with van der Waals surface area (Å²) in [5, 5.41) is 0. The van der Waals surface area contributed by atoms with E-state index in [4.69, 9.17) is 0 Å². The topological polar surface area (TPSA) is 0 Å². The summed E-state index contributed by atoms with van der Waals surface area (Å²) in [6.45, 7) is 11.4. The van der Waals surface area contributed by atoms with Crippen molar-refractivity contribution in [2.24, 2.45) is 0 Å². The summed E-state index contributed by atoms with van der Waals surface area (Å²) in [5.41, 5.74) is 1.31. The smallest absolute Gasteiger partial charge is 0.00297 e. The van der Waals surface area contributed by atoms with E-state index in [1.165, 1.54) is 37.7 Å². The summed E-state index contributed by atoms with van der Waals surface area (Å²) < 4.78 is 0. The molecular formula is C16H26. The van der Waals surface area contributed by atoms with E-state index in [0.717, 1.165) is 6.42 Å². The molecule has 0 radical (unpaired) electrons. The zero-order valence-electron chi connectivity index (χ0n) is 11.0. The molecule has 0 fully saturated rings. The summed E-state index contributed by atoms with van der Waals surface area (Å²) in [4.78, 5) is 0. The predicted molar refractivity (Wildman–Crippen MR) is 76.4 cm³/mol. The van der Waals surface area contributed by atoms with Gasteiger partial charge in [-0.25, -0.2) is 0 Å². The standard InChI is InChI=1S/C13H22.C3H4/c1-4-7-8-9-10-12-13(6-3)11-5-2;1-3-2/h5-6,11H,2-4,7-10,12H2,1H3;1H,2H3/b13-11+;. The average Bonchev–Trinajstić information content (AvgIpc) is 2.28. The second-order valence-corrected chi connectivity index (χ2v) is 3.63. The Hall–Kier alpha value is -1.22. The van der Waals surface area contributed by atoms with E-state index < -0.39 is 0 Å². The fourth-order valence-electron chi connectivity index (χ4n) is 1.34. The number of hydrogen-bond acceptors (Lipinski definition) is 0. The monoisotopic (exact) mass is 218 g/mol. The van der Waals surface area contributed by atoms with Gasteiger partial charge in [0, 0.05) is 0 Å². The van der Waals surface area contributed by atoms with Crippen LogP contribution < -0.4 is 0 Å². The van der Waals surface area contributed by atoms with Crippen LogP contribution in [0.15, 0.2) is 37.0 Å². The molecule has 0 N–H and O–H groups in total. The number of hydrogen-bond donors (Lipinski definition) is 0. The normalized spacial score (nSPS) is 9.69. The molecule has 16 heavy (non-hydrogen) atoms. The minimum Gasteiger partial charge on any atom is -0.120 e. The quantitative estimate of drug-likeness (QED) is 0.295. The van der Waals surface area contributed by atoms with Crippen LogP contribution in [0.3, 0.4) is 0 Å². The lowest BCUT2D eigenvalue weighted by molar-refractivity contribution is 0.633. The van der Waals surface area contributed by atoms with E-state index in [0.29, 0.717) is 0 Å². The molecule has 0 amide bonds. The number of allylic oxidation sites excluding steroid dienone is 4. The van der Waals surface area contributed by atoms with Gasteiger partial charge >= 0.3 is 0 Å². The molecule has 0 aliphatic carbocycles. The summed E-state index contributed by atoms with van der Waals surface area (Å²) in [5.74, 6) is 2.25. The minimum absolute atomic E-state index is 1.15. The Bertz CT molecular complexity index is 225. The van der Waals surface area contributed by atoms with Gasteiger partial charge in [0.2, 0.25) is 0 Å². The number of unbranched alkanes of at least 4 members (excludes halogenated alkanes) is 4. The molecule has 0 rings (SSSR count). The van der Waals surface area contributed by atoms with Crippen molar-refractivity contribution >= 4 is 0 Å². The molecule has 0 nitrogen and oxygen atoms in total. The highest BCUT2D eigenvalue weighted by Crippen LogP contribution is 2.11. The van der Waals surface area contributed by atoms with Crippen LogP contribution in [-0.2, 0) is 0 Å². The second kappa shape index (κ2) is 16.2. The molecule has 0 aromatic rings. The van der Waals surface area contributed by atoms with Gasteiger partial charge in [0.25, 0.3) is 0 Å². The van der Waals surface area contributed by atoms with Gasteiger partial charge in [-0.3, -0.25) is 0 Å². The third-order valence-electron chi connectivity index (χ3n) is 2.16. The van der Waals surface area contributed by atoms with Crippen molar-refractivity contribution in [3.63, 3.8) is 0 Å². The molecule has 0 saturated heterocycles. The lowest BCUT2D eigenvalue weighted by Crippen LogP contribution is -1.81. The summed E-state index contributed by atoms with van der Waals surface area (Å²) in [7, 11) is 0. The minimum atomic E-state index is 1.15. The first-order valence-electron chi connectivity index (χ1n) is 6.08. The van der Waals surface area contributed by atoms with E-state index >= 15 is 0 Å². The van der Waals surface area contributed by atoms with Crippen molar-refractivity contribution in [1.82, 2.24) is 0 Å². The number of terminal acetylenes is 1. The summed E-state index contributed by atoms with van der Waals surface area (Å²) in [6, 6.07) is 0. The molecule has 0 saturated carbocycles. The first-order valence-corrected chi connectivity index (χ1v) is 6.08. The number of rotatable bonds is 8. The van der Waals surface area contributed by atoms with Gasteiger partial charge in [0.05, 0.1) is 0 Å². The van der Waals surface area contributed by atoms with E-state index in [1.54, 1.807) is 6.92 Å². The van der Waals surface area contributed by atoms with Crippen LogP contribution in [0.1, 0.15) is 52.4 Å². The van der Waals surface area contributed by atoms with Crippen LogP contribution in [0, 0.1) is 12.3 Å². The zero-order valence-corrected chi connectivity index (χ0v) is 11.0. The molecule has 0 aliphatic heterocycles. The van der Waals surface area contributed by atoms with E-state index in [-0.39, 0.29) is 0 Å². The maximum absolute atomic E-state index is 4.60. The molecule has 0 spiro atoms. The van der Waals surface area contributed by atoms with Gasteiger partial charge < -0.3 is 0 Å². The van der Waals surface area contributed by atoms with Crippen molar-refractivity contribution in [2.45, 2.75) is 52.4 Å². The molecular weight excluding hydrogens is 192 g/mol. The SMILES string of the molecule is C#CC.C=C/C=C(\C=C)CCCCCCC. The van der Waals surface area contributed by atoms with Crippen LogP contribution in [-0.4, -0.2) is 0 Å². The maximum Gasteiger partial charge on any atom is -0.00297 e. The highest BCUT2D eigenvalue weighted by Gasteiger charge is 1.91. The van der Waals surface area contributed by atoms with Crippen LogP contribution >= 0.6 is 0 Å². The van der Waals surface area contributed by atoms with Gasteiger partial charge in [-0.2, -0.15) is 0 Å². The van der Waals surface area contributed by atoms with Crippen LogP contribution in [0.4, 0.5) is 0 Å². The van der Waals surface area contributed by atoms with E-state index in [2.05, 4.69) is 32.4 Å². The van der Waals surface area contributed by atoms with Crippen molar-refractivity contribution in [3.8, 4) is 12.3 Å². The van der Waals surface area contributed by atoms with Crippen molar-refractivity contribution in [2.75, 3.05) is 0 Å². The third-order valence-corrected chi connectivity index (χ3v) is 2.16. The molecule has 0 unspecified atom stereocenters. The molecule has 0 atom stereocenters. The van der Waals surface area contributed by atoms with Crippen LogP contribution in [0.5, 0.6) is 0 Å². The van der Waals surface area contributed by atoms with Gasteiger partial charge in [-0.05, 0) is 25.3 Å². The Labute approximate surface area is 102 Å². The Balaban J connectivity index is 0. The lowest BCUT2D eigenvalue weighted by Gasteiger charge is -2.00. The molecule has 0 aromatic carbocycles. The highest BCUT2D eigenvalue weighted by molar-refractivity contribution is 5.20. The maximum atomic E-state index is 4.60. The van der Waals surface area contributed by atoms with E-state index in [9.17, 15) is 0 Å². The van der Waals surface area contributed by atoms with E-state index in [1.807, 2.05) is 18.2 Å². The second-order valence-electron chi connectivity index (χ2n) is 3.63. The van der Waals surface area contributed by atoms with Gasteiger partial charge in [0.1, 0.15) is 0 Å². The van der Waals surface area contributed by atoms with Crippen molar-refractivity contribution in [3.05, 3.63) is 37.0 Å². The molecule has 0 heterocycles. The molecule has 90 valence electrons. The first-order chi connectivity index (χ1) is 7.76. The summed E-state index contributed by atoms with van der Waals surface area (Å²) in [6.07, 6.45) is 18.2. The lowest BCUT2D eigenvalue weighted by atomic mass is 10.1. The van der Waals surface area contributed by atoms with Crippen molar-refractivity contribution < 1.29 is 0 Å². The third kappa shape index (κ3) is 15.3. The largest absolute Gasteiger partial charge is 0.120 e. The Kier molecular flexibility index (Phi) is 17.4. The molecule has 0 bridgehead atoms. The summed E-state index contributed by atoms with van der Waals surface area (Å²) >= 11 is 0. The average molecular weight is 218 g/mol.